The van der Waals surface area contributed by atoms with Gasteiger partial charge in [0.2, 0.25) is 0 Å². The number of benzene rings is 1. The maximum atomic E-state index is 13.2. The predicted molar refractivity (Wildman–Crippen MR) is 156 cm³/mol. The van der Waals surface area contributed by atoms with E-state index in [4.69, 9.17) is 0 Å². The molecule has 196 valence electrons. The zero-order valence-electron chi connectivity index (χ0n) is 21.5. The molecule has 1 fully saturated rings. The van der Waals surface area contributed by atoms with Crippen molar-refractivity contribution in [2.24, 2.45) is 0 Å². The zero-order chi connectivity index (χ0) is 26.6. The average Bonchev–Trinajstić information content (AvgIpc) is 3.75. The van der Waals surface area contributed by atoms with Crippen molar-refractivity contribution >= 4 is 45.6 Å². The highest BCUT2D eigenvalue weighted by Crippen LogP contribution is 2.26. The van der Waals surface area contributed by atoms with Gasteiger partial charge in [0, 0.05) is 54.7 Å². The van der Waals surface area contributed by atoms with Crippen molar-refractivity contribution < 1.29 is 9.59 Å². The van der Waals surface area contributed by atoms with Crippen molar-refractivity contribution in [3.63, 3.8) is 0 Å². The van der Waals surface area contributed by atoms with Crippen LogP contribution in [-0.2, 0) is 12.8 Å². The summed E-state index contributed by atoms with van der Waals surface area (Å²) in [6.45, 7) is 1.96. The number of rotatable bonds is 9. The summed E-state index contributed by atoms with van der Waals surface area (Å²) >= 11 is 1.50. The summed E-state index contributed by atoms with van der Waals surface area (Å²) in [5, 5.41) is 6.08. The molecule has 8 heteroatoms. The molecule has 5 heterocycles. The van der Waals surface area contributed by atoms with E-state index in [-0.39, 0.29) is 11.7 Å². The number of pyridine rings is 2. The highest BCUT2D eigenvalue weighted by atomic mass is 32.1. The van der Waals surface area contributed by atoms with Crippen LogP contribution in [0.1, 0.15) is 56.0 Å². The lowest BCUT2D eigenvalue weighted by atomic mass is 10.0. The summed E-state index contributed by atoms with van der Waals surface area (Å²) in [5.41, 5.74) is 5.37. The highest BCUT2D eigenvalue weighted by molar-refractivity contribution is 7.12. The van der Waals surface area contributed by atoms with Crippen molar-refractivity contribution in [3.8, 4) is 0 Å². The summed E-state index contributed by atoms with van der Waals surface area (Å²) in [7, 11) is 0. The largest absolute Gasteiger partial charge is 0.357 e. The fourth-order valence-corrected chi connectivity index (χ4v) is 6.05. The number of aryl methyl sites for hydroxylation is 1. The first-order chi connectivity index (χ1) is 19.1. The molecule has 0 spiro atoms. The van der Waals surface area contributed by atoms with E-state index >= 15 is 0 Å². The Morgan fingerprint density at radius 2 is 1.85 bits per heavy atom. The lowest BCUT2D eigenvalue weighted by Crippen LogP contribution is -2.20. The first kappa shape index (κ1) is 25.0. The van der Waals surface area contributed by atoms with E-state index in [0.29, 0.717) is 24.8 Å². The van der Waals surface area contributed by atoms with Gasteiger partial charge >= 0.3 is 0 Å². The van der Waals surface area contributed by atoms with E-state index in [1.165, 1.54) is 11.3 Å². The molecule has 0 atom stereocenters. The number of aromatic nitrogens is 3. The number of Topliss-reactive ketones (excluding diaryl/α,β-unsaturated/α-hetero) is 1. The Labute approximate surface area is 230 Å². The predicted octanol–water partition coefficient (Wildman–Crippen LogP) is 6.28. The van der Waals surface area contributed by atoms with Crippen LogP contribution >= 0.6 is 11.3 Å². The quantitative estimate of drug-likeness (QED) is 0.217. The summed E-state index contributed by atoms with van der Waals surface area (Å²) in [6.07, 6.45) is 9.40. The van der Waals surface area contributed by atoms with E-state index in [0.717, 1.165) is 70.0 Å². The minimum Gasteiger partial charge on any atom is -0.357 e. The minimum absolute atomic E-state index is 0.139. The highest BCUT2D eigenvalue weighted by Gasteiger charge is 2.17. The lowest BCUT2D eigenvalue weighted by Gasteiger charge is -2.16. The Bertz CT molecular complexity index is 1630. The van der Waals surface area contributed by atoms with Crippen LogP contribution in [0.4, 0.5) is 11.5 Å². The van der Waals surface area contributed by atoms with Crippen molar-refractivity contribution in [1.82, 2.24) is 15.0 Å². The number of H-pyrrole nitrogens is 1. The number of fused-ring (bicyclic) bond motifs is 1. The van der Waals surface area contributed by atoms with Crippen LogP contribution in [0.3, 0.4) is 0 Å². The Morgan fingerprint density at radius 1 is 0.974 bits per heavy atom. The molecule has 0 aliphatic carbocycles. The SMILES string of the molecule is O=C(Nc1cccc(CCC(=O)c2sccc2Cc2ccnc3[nH]ccc23)c1)c1ccnc(N2CCCC2)c1. The molecule has 7 nitrogen and oxygen atoms in total. The number of ketones is 1. The topological polar surface area (TPSA) is 91.0 Å². The van der Waals surface area contributed by atoms with Crippen molar-refractivity contribution in [3.05, 3.63) is 106 Å². The van der Waals surface area contributed by atoms with Gasteiger partial charge in [-0.25, -0.2) is 9.97 Å². The molecule has 1 amide bonds. The van der Waals surface area contributed by atoms with Crippen LogP contribution < -0.4 is 10.2 Å². The van der Waals surface area contributed by atoms with Gasteiger partial charge in [0.05, 0.1) is 4.88 Å². The first-order valence-electron chi connectivity index (χ1n) is 13.3. The third-order valence-corrected chi connectivity index (χ3v) is 8.19. The Hall–Kier alpha value is -4.30. The second kappa shape index (κ2) is 11.2. The molecule has 5 aromatic rings. The van der Waals surface area contributed by atoms with Gasteiger partial charge in [0.1, 0.15) is 11.5 Å². The standard InChI is InChI=1S/C31H29N5O2S/c37-27(29-23(11-17-39-29)19-22-8-13-33-30-26(22)10-14-34-30)7-6-21-4-3-5-25(18-21)35-31(38)24-9-12-32-28(20-24)36-15-1-2-16-36/h3-5,8-14,17-18,20H,1-2,6-7,15-16,19H2,(H,33,34)(H,35,38). The molecule has 1 aliphatic rings. The maximum Gasteiger partial charge on any atom is 0.255 e. The van der Waals surface area contributed by atoms with E-state index in [1.807, 2.05) is 60.1 Å². The lowest BCUT2D eigenvalue weighted by molar-refractivity contribution is 0.0984. The van der Waals surface area contributed by atoms with Gasteiger partial charge in [-0.1, -0.05) is 12.1 Å². The minimum atomic E-state index is -0.165. The number of amides is 1. The van der Waals surface area contributed by atoms with Crippen LogP contribution in [0.25, 0.3) is 11.0 Å². The molecule has 2 N–H and O–H groups in total. The van der Waals surface area contributed by atoms with Gasteiger partial charge in [0.25, 0.3) is 5.91 Å². The van der Waals surface area contributed by atoms with Crippen LogP contribution in [0.2, 0.25) is 0 Å². The number of carbonyl (C=O) groups excluding carboxylic acids is 2. The first-order valence-corrected chi connectivity index (χ1v) is 14.1. The smallest absolute Gasteiger partial charge is 0.255 e. The number of anilines is 2. The summed E-state index contributed by atoms with van der Waals surface area (Å²) in [5.74, 6) is 0.823. The average molecular weight is 536 g/mol. The number of nitrogens with one attached hydrogen (secondary N) is 2. The Morgan fingerprint density at radius 3 is 2.74 bits per heavy atom. The van der Waals surface area contributed by atoms with Gasteiger partial charge in [-0.3, -0.25) is 9.59 Å². The normalized spacial score (nSPS) is 13.2. The van der Waals surface area contributed by atoms with Crippen LogP contribution in [0.15, 0.2) is 78.6 Å². The summed E-state index contributed by atoms with van der Waals surface area (Å²) in [4.78, 5) is 41.1. The van der Waals surface area contributed by atoms with E-state index in [1.54, 1.807) is 18.5 Å². The van der Waals surface area contributed by atoms with E-state index in [2.05, 4.69) is 25.2 Å². The Kier molecular flexibility index (Phi) is 7.19. The number of carbonyl (C=O) groups is 2. The van der Waals surface area contributed by atoms with Gasteiger partial charge in [-0.05, 0) is 90.2 Å². The van der Waals surface area contributed by atoms with Crippen LogP contribution in [0.5, 0.6) is 0 Å². The van der Waals surface area contributed by atoms with Gasteiger partial charge < -0.3 is 15.2 Å². The third-order valence-electron chi connectivity index (χ3n) is 7.19. The number of nitrogens with zero attached hydrogens (tertiary/aromatic N) is 3. The molecule has 0 bridgehead atoms. The summed E-state index contributed by atoms with van der Waals surface area (Å²) < 4.78 is 0. The molecule has 6 rings (SSSR count). The van der Waals surface area contributed by atoms with Crippen molar-refractivity contribution in [1.29, 1.82) is 0 Å². The van der Waals surface area contributed by atoms with Crippen LogP contribution in [-0.4, -0.2) is 39.7 Å². The molecule has 0 saturated carbocycles. The molecule has 0 radical (unpaired) electrons. The fraction of sp³-hybridized carbons (Fsp3) is 0.226. The molecule has 0 unspecified atom stereocenters. The monoisotopic (exact) mass is 535 g/mol. The Balaban J connectivity index is 1.09. The number of aromatic amines is 1. The molecule has 4 aromatic heterocycles. The molecule has 1 saturated heterocycles. The van der Waals surface area contributed by atoms with Gasteiger partial charge in [0.15, 0.2) is 5.78 Å². The molecular formula is C31H29N5O2S. The van der Waals surface area contributed by atoms with Crippen molar-refractivity contribution in [2.45, 2.75) is 32.1 Å². The molecule has 39 heavy (non-hydrogen) atoms. The second-order valence-corrected chi connectivity index (χ2v) is 10.8. The van der Waals surface area contributed by atoms with Crippen LogP contribution in [0, 0.1) is 0 Å². The maximum absolute atomic E-state index is 13.2. The second-order valence-electron chi connectivity index (χ2n) is 9.84. The molecular weight excluding hydrogens is 506 g/mol. The van der Waals surface area contributed by atoms with Crippen molar-refractivity contribution in [2.75, 3.05) is 23.3 Å². The van der Waals surface area contributed by atoms with E-state index in [9.17, 15) is 9.59 Å². The molecule has 1 aliphatic heterocycles. The summed E-state index contributed by atoms with van der Waals surface area (Å²) in [6, 6.07) is 17.4. The number of thiophene rings is 1. The number of hydrogen-bond acceptors (Lipinski definition) is 6. The van der Waals surface area contributed by atoms with Gasteiger partial charge in [-0.15, -0.1) is 11.3 Å². The zero-order valence-corrected chi connectivity index (χ0v) is 22.3. The van der Waals surface area contributed by atoms with E-state index < -0.39 is 0 Å². The molecule has 1 aromatic carbocycles. The third kappa shape index (κ3) is 5.61. The van der Waals surface area contributed by atoms with Gasteiger partial charge in [-0.2, -0.15) is 0 Å². The number of hydrogen-bond donors (Lipinski definition) is 2. The fourth-order valence-electron chi connectivity index (χ4n) is 5.16.